The number of rotatable bonds is 5. The van der Waals surface area contributed by atoms with E-state index < -0.39 is 10.0 Å². The van der Waals surface area contributed by atoms with E-state index >= 15 is 0 Å². The Morgan fingerprint density at radius 3 is 2.35 bits per heavy atom. The Labute approximate surface area is 134 Å². The monoisotopic (exact) mass is 332 g/mol. The molecule has 120 valence electrons. The van der Waals surface area contributed by atoms with Gasteiger partial charge in [0.25, 0.3) is 10.0 Å². The first kappa shape index (κ1) is 15.4. The summed E-state index contributed by atoms with van der Waals surface area (Å²) >= 11 is 0. The number of carbonyl (C=O) groups is 1. The van der Waals surface area contributed by atoms with Gasteiger partial charge >= 0.3 is 0 Å². The molecule has 1 fully saturated rings. The lowest BCUT2D eigenvalue weighted by atomic mass is 10.3. The highest BCUT2D eigenvalue weighted by atomic mass is 32.2. The molecule has 1 aromatic heterocycles. The third-order valence-electron chi connectivity index (χ3n) is 3.67. The Bertz CT molecular complexity index is 806. The standard InChI is InChI=1S/C15H16N4O3S/c1-10-9-13(10)14(20)18-11-3-5-12(6-4-11)23(21,22)19-15-16-7-2-8-17-15/h2-8,10,13H,9H2,1H3,(H,18,20)(H,16,17,19). The van der Waals surface area contributed by atoms with Gasteiger partial charge in [-0.1, -0.05) is 6.92 Å². The van der Waals surface area contributed by atoms with E-state index in [9.17, 15) is 13.2 Å². The van der Waals surface area contributed by atoms with Crippen molar-refractivity contribution in [1.29, 1.82) is 0 Å². The fourth-order valence-electron chi connectivity index (χ4n) is 2.17. The minimum absolute atomic E-state index is 0.00704. The van der Waals surface area contributed by atoms with Gasteiger partial charge < -0.3 is 5.32 Å². The predicted molar refractivity (Wildman–Crippen MR) is 85.2 cm³/mol. The molecule has 0 spiro atoms. The summed E-state index contributed by atoms with van der Waals surface area (Å²) in [6, 6.07) is 7.57. The number of anilines is 2. The zero-order chi connectivity index (χ0) is 16.4. The van der Waals surface area contributed by atoms with Crippen LogP contribution in [0.1, 0.15) is 13.3 Å². The van der Waals surface area contributed by atoms with Crippen molar-refractivity contribution in [3.8, 4) is 0 Å². The van der Waals surface area contributed by atoms with Gasteiger partial charge in [0.05, 0.1) is 4.90 Å². The number of hydrogen-bond acceptors (Lipinski definition) is 5. The van der Waals surface area contributed by atoms with Gasteiger partial charge in [-0.2, -0.15) is 0 Å². The Morgan fingerprint density at radius 2 is 1.78 bits per heavy atom. The Hall–Kier alpha value is -2.48. The number of nitrogens with zero attached hydrogens (tertiary/aromatic N) is 2. The number of nitrogens with one attached hydrogen (secondary N) is 2. The van der Waals surface area contributed by atoms with Crippen LogP contribution < -0.4 is 10.0 Å². The average Bonchev–Trinajstić information content (AvgIpc) is 3.25. The lowest BCUT2D eigenvalue weighted by Crippen LogP contribution is -2.16. The highest BCUT2D eigenvalue weighted by Crippen LogP contribution is 2.38. The van der Waals surface area contributed by atoms with E-state index in [4.69, 9.17) is 0 Å². The highest BCUT2D eigenvalue weighted by Gasteiger charge is 2.39. The van der Waals surface area contributed by atoms with Crippen molar-refractivity contribution in [1.82, 2.24) is 9.97 Å². The molecule has 1 aliphatic carbocycles. The van der Waals surface area contributed by atoms with Crippen LogP contribution in [-0.4, -0.2) is 24.3 Å². The Balaban J connectivity index is 1.70. The molecule has 2 atom stereocenters. The summed E-state index contributed by atoms with van der Waals surface area (Å²) in [5, 5.41) is 2.78. The van der Waals surface area contributed by atoms with Crippen LogP contribution in [0.15, 0.2) is 47.6 Å². The van der Waals surface area contributed by atoms with Crippen LogP contribution in [0, 0.1) is 11.8 Å². The van der Waals surface area contributed by atoms with Gasteiger partial charge in [-0.3, -0.25) is 4.79 Å². The third-order valence-corrected chi connectivity index (χ3v) is 5.01. The second-order valence-corrected chi connectivity index (χ2v) is 7.19. The maximum atomic E-state index is 12.2. The van der Waals surface area contributed by atoms with Crippen molar-refractivity contribution in [3.63, 3.8) is 0 Å². The summed E-state index contributed by atoms with van der Waals surface area (Å²) in [5.41, 5.74) is 0.573. The van der Waals surface area contributed by atoms with Gasteiger partial charge in [0, 0.05) is 24.0 Å². The van der Waals surface area contributed by atoms with Gasteiger partial charge in [-0.05, 0) is 42.7 Å². The molecule has 2 aromatic rings. The topological polar surface area (TPSA) is 101 Å². The van der Waals surface area contributed by atoms with Crippen LogP contribution >= 0.6 is 0 Å². The minimum Gasteiger partial charge on any atom is -0.326 e. The number of aromatic nitrogens is 2. The Kier molecular flexibility index (Phi) is 3.99. The van der Waals surface area contributed by atoms with Gasteiger partial charge in [0.1, 0.15) is 0 Å². The van der Waals surface area contributed by atoms with Crippen LogP contribution in [0.25, 0.3) is 0 Å². The SMILES string of the molecule is CC1CC1C(=O)Nc1ccc(S(=O)(=O)Nc2ncccn2)cc1. The van der Waals surface area contributed by atoms with E-state index in [1.54, 1.807) is 18.2 Å². The van der Waals surface area contributed by atoms with Crippen LogP contribution in [0.5, 0.6) is 0 Å². The van der Waals surface area contributed by atoms with Crippen molar-refractivity contribution in [2.45, 2.75) is 18.2 Å². The van der Waals surface area contributed by atoms with Gasteiger partial charge in [0.2, 0.25) is 11.9 Å². The zero-order valence-corrected chi connectivity index (χ0v) is 13.2. The van der Waals surface area contributed by atoms with Crippen molar-refractivity contribution < 1.29 is 13.2 Å². The maximum Gasteiger partial charge on any atom is 0.264 e. The summed E-state index contributed by atoms with van der Waals surface area (Å²) in [6.07, 6.45) is 3.80. The van der Waals surface area contributed by atoms with E-state index in [1.807, 2.05) is 6.92 Å². The van der Waals surface area contributed by atoms with Crippen LogP contribution in [-0.2, 0) is 14.8 Å². The minimum atomic E-state index is -3.76. The third kappa shape index (κ3) is 3.65. The summed E-state index contributed by atoms with van der Waals surface area (Å²) in [6.45, 7) is 2.03. The molecule has 3 rings (SSSR count). The van der Waals surface area contributed by atoms with Crippen molar-refractivity contribution in [3.05, 3.63) is 42.7 Å². The normalized spacial score (nSPS) is 19.9. The first-order valence-corrected chi connectivity index (χ1v) is 8.65. The molecule has 1 aliphatic rings. The van der Waals surface area contributed by atoms with Gasteiger partial charge in [0.15, 0.2) is 0 Å². The maximum absolute atomic E-state index is 12.2. The molecule has 2 unspecified atom stereocenters. The zero-order valence-electron chi connectivity index (χ0n) is 12.4. The predicted octanol–water partition coefficient (Wildman–Crippen LogP) is 1.87. The summed E-state index contributed by atoms with van der Waals surface area (Å²) < 4.78 is 26.7. The molecule has 8 heteroatoms. The fraction of sp³-hybridized carbons (Fsp3) is 0.267. The van der Waals surface area contributed by atoms with Crippen LogP contribution in [0.3, 0.4) is 0 Å². The second-order valence-electron chi connectivity index (χ2n) is 5.51. The first-order chi connectivity index (χ1) is 11.0. The number of benzene rings is 1. The molecule has 0 saturated heterocycles. The number of hydrogen-bond donors (Lipinski definition) is 2. The van der Waals surface area contributed by atoms with Crippen molar-refractivity contribution in [2.75, 3.05) is 10.0 Å². The summed E-state index contributed by atoms with van der Waals surface area (Å²) in [4.78, 5) is 19.6. The van der Waals surface area contributed by atoms with E-state index in [0.29, 0.717) is 11.6 Å². The molecule has 0 radical (unpaired) electrons. The lowest BCUT2D eigenvalue weighted by molar-refractivity contribution is -0.117. The van der Waals surface area contributed by atoms with E-state index in [1.165, 1.54) is 24.5 Å². The molecule has 0 bridgehead atoms. The molecule has 0 aliphatic heterocycles. The fourth-order valence-corrected chi connectivity index (χ4v) is 3.13. The quantitative estimate of drug-likeness (QED) is 0.870. The number of amides is 1. The molecular formula is C15H16N4O3S. The summed E-state index contributed by atoms with van der Waals surface area (Å²) in [7, 11) is -3.76. The van der Waals surface area contributed by atoms with Crippen LogP contribution in [0.2, 0.25) is 0 Å². The molecule has 7 nitrogen and oxygen atoms in total. The van der Waals surface area contributed by atoms with E-state index in [2.05, 4.69) is 20.0 Å². The molecular weight excluding hydrogens is 316 g/mol. The van der Waals surface area contributed by atoms with Crippen molar-refractivity contribution in [2.24, 2.45) is 11.8 Å². The highest BCUT2D eigenvalue weighted by molar-refractivity contribution is 7.92. The molecule has 1 saturated carbocycles. The number of sulfonamides is 1. The van der Waals surface area contributed by atoms with Gasteiger partial charge in [-0.15, -0.1) is 0 Å². The van der Waals surface area contributed by atoms with E-state index in [-0.39, 0.29) is 22.7 Å². The molecule has 2 N–H and O–H groups in total. The lowest BCUT2D eigenvalue weighted by Gasteiger charge is -2.08. The van der Waals surface area contributed by atoms with E-state index in [0.717, 1.165) is 6.42 Å². The van der Waals surface area contributed by atoms with Crippen LogP contribution in [0.4, 0.5) is 11.6 Å². The largest absolute Gasteiger partial charge is 0.326 e. The second kappa shape index (κ2) is 5.96. The molecule has 1 heterocycles. The van der Waals surface area contributed by atoms with Crippen molar-refractivity contribution >= 4 is 27.6 Å². The molecule has 23 heavy (non-hydrogen) atoms. The molecule has 1 aromatic carbocycles. The average molecular weight is 332 g/mol. The number of carbonyl (C=O) groups excluding carboxylic acids is 1. The smallest absolute Gasteiger partial charge is 0.264 e. The molecule has 1 amide bonds. The first-order valence-electron chi connectivity index (χ1n) is 7.16. The Morgan fingerprint density at radius 1 is 1.17 bits per heavy atom. The summed E-state index contributed by atoms with van der Waals surface area (Å²) in [5.74, 6) is 0.469. The van der Waals surface area contributed by atoms with Gasteiger partial charge in [-0.25, -0.2) is 23.1 Å².